The van der Waals surface area contributed by atoms with Crippen molar-refractivity contribution < 1.29 is 13.9 Å². The predicted molar refractivity (Wildman–Crippen MR) is 89.7 cm³/mol. The molecule has 0 aliphatic carbocycles. The molecule has 0 fully saturated rings. The molecule has 0 atom stereocenters. The van der Waals surface area contributed by atoms with E-state index in [1.54, 1.807) is 6.92 Å². The number of oxazole rings is 1. The van der Waals surface area contributed by atoms with Crippen LogP contribution in [0.25, 0.3) is 10.8 Å². The second-order valence-corrected chi connectivity index (χ2v) is 8.07. The maximum absolute atomic E-state index is 12.0. The van der Waals surface area contributed by atoms with Gasteiger partial charge in [-0.1, -0.05) is 13.8 Å². The highest BCUT2D eigenvalue weighted by atomic mass is 79.9. The number of esters is 1. The van der Waals surface area contributed by atoms with E-state index in [1.807, 2.05) is 6.07 Å². The van der Waals surface area contributed by atoms with Crippen LogP contribution in [0.5, 0.6) is 0 Å². The van der Waals surface area contributed by atoms with E-state index in [1.165, 1.54) is 11.3 Å². The van der Waals surface area contributed by atoms with Crippen LogP contribution in [0.1, 0.15) is 37.0 Å². The Bertz CT molecular complexity index is 629. The lowest BCUT2D eigenvalue weighted by molar-refractivity contribution is 0.0489. The molecule has 0 radical (unpaired) electrons. The van der Waals surface area contributed by atoms with Gasteiger partial charge in [-0.05, 0) is 57.2 Å². The van der Waals surface area contributed by atoms with Crippen LogP contribution in [0.2, 0.25) is 0 Å². The third kappa shape index (κ3) is 3.96. The van der Waals surface area contributed by atoms with Gasteiger partial charge in [0.15, 0.2) is 0 Å². The maximum Gasteiger partial charge on any atom is 0.376 e. The highest BCUT2D eigenvalue weighted by Crippen LogP contribution is 2.38. The molecule has 2 rings (SSSR count). The molecule has 21 heavy (non-hydrogen) atoms. The Morgan fingerprint density at radius 2 is 2.19 bits per heavy atom. The van der Waals surface area contributed by atoms with Crippen LogP contribution in [0, 0.1) is 5.92 Å². The predicted octanol–water partition coefficient (Wildman–Crippen LogP) is 5.30. The fourth-order valence-corrected chi connectivity index (χ4v) is 3.75. The fraction of sp³-hybridized carbons (Fsp3) is 0.429. The molecule has 0 bridgehead atoms. The summed E-state index contributed by atoms with van der Waals surface area (Å²) in [5.74, 6) is 0.575. The fourth-order valence-electron chi connectivity index (χ4n) is 1.79. The van der Waals surface area contributed by atoms with Crippen molar-refractivity contribution in [3.05, 3.63) is 25.8 Å². The van der Waals surface area contributed by atoms with E-state index in [0.717, 1.165) is 13.1 Å². The summed E-state index contributed by atoms with van der Waals surface area (Å²) in [5.41, 5.74) is 0.652. The quantitative estimate of drug-likeness (QED) is 0.596. The van der Waals surface area contributed by atoms with Crippen LogP contribution < -0.4 is 0 Å². The van der Waals surface area contributed by atoms with Crippen LogP contribution in [-0.2, 0) is 11.2 Å². The van der Waals surface area contributed by atoms with Crippen molar-refractivity contribution in [2.75, 3.05) is 6.61 Å². The summed E-state index contributed by atoms with van der Waals surface area (Å²) in [7, 11) is 0. The second kappa shape index (κ2) is 7.07. The van der Waals surface area contributed by atoms with E-state index in [4.69, 9.17) is 9.15 Å². The van der Waals surface area contributed by atoms with E-state index >= 15 is 0 Å². The number of hydrogen-bond donors (Lipinski definition) is 0. The van der Waals surface area contributed by atoms with Gasteiger partial charge in [-0.25, -0.2) is 9.78 Å². The standard InChI is InChI=1S/C14H15Br2NO3S/c1-4-19-14(18)11-9(5-7(2)3)17-13(20-11)10-6-8(15)12(16)21-10/h6-7H,4-5H2,1-3H3. The van der Waals surface area contributed by atoms with Crippen molar-refractivity contribution in [1.29, 1.82) is 0 Å². The molecule has 114 valence electrons. The first kappa shape index (κ1) is 16.7. The minimum atomic E-state index is -0.457. The zero-order valence-electron chi connectivity index (χ0n) is 11.9. The monoisotopic (exact) mass is 435 g/mol. The van der Waals surface area contributed by atoms with Gasteiger partial charge >= 0.3 is 5.97 Å². The summed E-state index contributed by atoms with van der Waals surface area (Å²) < 4.78 is 12.6. The van der Waals surface area contributed by atoms with Crippen LogP contribution in [0.15, 0.2) is 18.7 Å². The van der Waals surface area contributed by atoms with Gasteiger partial charge in [0.25, 0.3) is 0 Å². The van der Waals surface area contributed by atoms with E-state index in [0.29, 0.717) is 30.5 Å². The van der Waals surface area contributed by atoms with E-state index < -0.39 is 5.97 Å². The first-order chi connectivity index (χ1) is 9.92. The van der Waals surface area contributed by atoms with E-state index in [9.17, 15) is 4.79 Å². The Hall–Kier alpha value is -0.660. The molecule has 0 aromatic carbocycles. The van der Waals surface area contributed by atoms with Crippen LogP contribution in [0.4, 0.5) is 0 Å². The van der Waals surface area contributed by atoms with E-state index in [-0.39, 0.29) is 5.76 Å². The Balaban J connectivity index is 2.41. The summed E-state index contributed by atoms with van der Waals surface area (Å²) in [6.07, 6.45) is 0.672. The molecular weight excluding hydrogens is 422 g/mol. The summed E-state index contributed by atoms with van der Waals surface area (Å²) >= 11 is 8.37. The molecule has 2 aromatic heterocycles. The summed E-state index contributed by atoms with van der Waals surface area (Å²) in [4.78, 5) is 17.3. The SMILES string of the molecule is CCOC(=O)c1oc(-c2cc(Br)c(Br)s2)nc1CC(C)C. The van der Waals surface area contributed by atoms with Crippen molar-refractivity contribution >= 4 is 49.2 Å². The Kier molecular flexibility index (Phi) is 5.62. The van der Waals surface area contributed by atoms with Gasteiger partial charge in [0.1, 0.15) is 0 Å². The number of halogens is 2. The number of hydrogen-bond acceptors (Lipinski definition) is 5. The molecule has 0 saturated carbocycles. The number of carbonyl (C=O) groups is 1. The van der Waals surface area contributed by atoms with Gasteiger partial charge in [-0.15, -0.1) is 11.3 Å². The Labute approximate surface area is 144 Å². The Morgan fingerprint density at radius 1 is 1.48 bits per heavy atom. The van der Waals surface area contributed by atoms with Crippen molar-refractivity contribution in [2.45, 2.75) is 27.2 Å². The van der Waals surface area contributed by atoms with Crippen LogP contribution >= 0.6 is 43.2 Å². The topological polar surface area (TPSA) is 52.3 Å². The number of aromatic nitrogens is 1. The van der Waals surface area contributed by atoms with Gasteiger partial charge < -0.3 is 9.15 Å². The lowest BCUT2D eigenvalue weighted by Crippen LogP contribution is -2.08. The van der Waals surface area contributed by atoms with Crippen molar-refractivity contribution in [3.8, 4) is 10.8 Å². The lowest BCUT2D eigenvalue weighted by atomic mass is 10.1. The van der Waals surface area contributed by atoms with E-state index in [2.05, 4.69) is 50.7 Å². The first-order valence-corrected chi connectivity index (χ1v) is 8.94. The average Bonchev–Trinajstić information content (AvgIpc) is 2.94. The summed E-state index contributed by atoms with van der Waals surface area (Å²) in [6.45, 7) is 6.22. The number of ether oxygens (including phenoxy) is 1. The van der Waals surface area contributed by atoms with Gasteiger partial charge in [0.05, 0.1) is 21.0 Å². The minimum absolute atomic E-state index is 0.209. The number of rotatable bonds is 5. The first-order valence-electron chi connectivity index (χ1n) is 6.54. The Morgan fingerprint density at radius 3 is 2.71 bits per heavy atom. The third-order valence-electron chi connectivity index (χ3n) is 2.62. The van der Waals surface area contributed by atoms with Crippen molar-refractivity contribution in [3.63, 3.8) is 0 Å². The van der Waals surface area contributed by atoms with Gasteiger partial charge in [-0.3, -0.25) is 0 Å². The zero-order valence-corrected chi connectivity index (χ0v) is 15.9. The van der Waals surface area contributed by atoms with Crippen molar-refractivity contribution in [1.82, 2.24) is 4.98 Å². The second-order valence-electron chi connectivity index (χ2n) is 4.85. The summed E-state index contributed by atoms with van der Waals surface area (Å²) in [6, 6.07) is 1.91. The van der Waals surface area contributed by atoms with Gasteiger partial charge in [0.2, 0.25) is 11.7 Å². The molecule has 0 aliphatic rings. The van der Waals surface area contributed by atoms with Crippen molar-refractivity contribution in [2.24, 2.45) is 5.92 Å². The largest absolute Gasteiger partial charge is 0.460 e. The molecule has 2 heterocycles. The molecule has 0 unspecified atom stereocenters. The molecule has 2 aromatic rings. The van der Waals surface area contributed by atoms with Crippen LogP contribution in [0.3, 0.4) is 0 Å². The molecule has 0 saturated heterocycles. The molecular formula is C14H15Br2NO3S. The third-order valence-corrected chi connectivity index (χ3v) is 5.86. The number of nitrogens with zero attached hydrogens (tertiary/aromatic N) is 1. The van der Waals surface area contributed by atoms with Gasteiger partial charge in [0, 0.05) is 4.47 Å². The minimum Gasteiger partial charge on any atom is -0.460 e. The number of thiophene rings is 1. The smallest absolute Gasteiger partial charge is 0.376 e. The normalized spacial score (nSPS) is 11.1. The average molecular weight is 437 g/mol. The number of carbonyl (C=O) groups excluding carboxylic acids is 1. The molecule has 0 spiro atoms. The zero-order chi connectivity index (χ0) is 15.6. The maximum atomic E-state index is 12.0. The molecule has 7 heteroatoms. The molecule has 4 nitrogen and oxygen atoms in total. The summed E-state index contributed by atoms with van der Waals surface area (Å²) in [5, 5.41) is 0. The molecule has 0 aliphatic heterocycles. The highest BCUT2D eigenvalue weighted by molar-refractivity contribution is 9.13. The van der Waals surface area contributed by atoms with Gasteiger partial charge in [-0.2, -0.15) is 0 Å². The highest BCUT2D eigenvalue weighted by Gasteiger charge is 2.23. The molecule has 0 amide bonds. The van der Waals surface area contributed by atoms with Crippen LogP contribution in [-0.4, -0.2) is 17.6 Å². The lowest BCUT2D eigenvalue weighted by Gasteiger charge is -2.02. The molecule has 0 N–H and O–H groups in total.